The minimum Gasteiger partial charge on any atom is -0.481 e. The number of carboxylic acid groups (broad SMARTS) is 1. The molecule has 1 N–H and O–H groups in total. The van der Waals surface area contributed by atoms with Crippen molar-refractivity contribution in [3.8, 4) is 0 Å². The number of hydrogen-bond donors (Lipinski definition) is 1. The third-order valence-corrected chi connectivity index (χ3v) is 6.23. The predicted octanol–water partition coefficient (Wildman–Crippen LogP) is 2.82. The average molecular weight is 313 g/mol. The van der Waals surface area contributed by atoms with Gasteiger partial charge < -0.3 is 10.0 Å². The molecule has 2 atom stereocenters. The third kappa shape index (κ3) is 2.44. The van der Waals surface area contributed by atoms with Crippen LogP contribution in [0.25, 0.3) is 0 Å². The van der Waals surface area contributed by atoms with Crippen LogP contribution in [0, 0.1) is 11.3 Å². The zero-order chi connectivity index (χ0) is 16.0. The molecule has 2 aliphatic carbocycles. The number of nitrogens with zero attached hydrogens (tertiary/aromatic N) is 1. The molecule has 1 spiro atoms. The Morgan fingerprint density at radius 1 is 1.17 bits per heavy atom. The van der Waals surface area contributed by atoms with Crippen LogP contribution in [-0.2, 0) is 16.0 Å². The predicted molar refractivity (Wildman–Crippen MR) is 86.1 cm³/mol. The van der Waals surface area contributed by atoms with Gasteiger partial charge in [-0.1, -0.05) is 24.3 Å². The summed E-state index contributed by atoms with van der Waals surface area (Å²) in [5.74, 6) is -0.579. The van der Waals surface area contributed by atoms with Gasteiger partial charge in [0.1, 0.15) is 0 Å². The molecule has 1 saturated heterocycles. The summed E-state index contributed by atoms with van der Waals surface area (Å²) in [6.45, 7) is 1.45. The van der Waals surface area contributed by atoms with E-state index in [-0.39, 0.29) is 23.2 Å². The molecule has 1 saturated carbocycles. The lowest BCUT2D eigenvalue weighted by Crippen LogP contribution is -2.42. The smallest absolute Gasteiger partial charge is 0.307 e. The van der Waals surface area contributed by atoms with Crippen LogP contribution in [0.3, 0.4) is 0 Å². The lowest BCUT2D eigenvalue weighted by atomic mass is 9.81. The highest BCUT2D eigenvalue weighted by atomic mass is 16.4. The number of fused-ring (bicyclic) bond motifs is 1. The molecule has 0 radical (unpaired) electrons. The topological polar surface area (TPSA) is 57.6 Å². The van der Waals surface area contributed by atoms with Gasteiger partial charge in [0.2, 0.25) is 5.91 Å². The maximum Gasteiger partial charge on any atom is 0.307 e. The van der Waals surface area contributed by atoms with Crippen LogP contribution in [0.1, 0.15) is 49.1 Å². The van der Waals surface area contributed by atoms with Gasteiger partial charge in [-0.05, 0) is 55.1 Å². The lowest BCUT2D eigenvalue weighted by molar-refractivity contribution is -0.140. The largest absolute Gasteiger partial charge is 0.481 e. The van der Waals surface area contributed by atoms with Crippen molar-refractivity contribution < 1.29 is 14.7 Å². The summed E-state index contributed by atoms with van der Waals surface area (Å²) in [7, 11) is 0. The molecule has 0 aromatic heterocycles. The van der Waals surface area contributed by atoms with Gasteiger partial charge in [-0.3, -0.25) is 9.59 Å². The van der Waals surface area contributed by atoms with Gasteiger partial charge in [0.15, 0.2) is 0 Å². The fraction of sp³-hybridized carbons (Fsp3) is 0.579. The molecule has 1 amide bonds. The number of benzene rings is 1. The molecule has 23 heavy (non-hydrogen) atoms. The fourth-order valence-electron chi connectivity index (χ4n) is 4.65. The van der Waals surface area contributed by atoms with Crippen LogP contribution >= 0.6 is 0 Å². The van der Waals surface area contributed by atoms with E-state index in [0.717, 1.165) is 51.6 Å². The fourth-order valence-corrected chi connectivity index (χ4v) is 4.65. The maximum absolute atomic E-state index is 13.0. The Labute approximate surface area is 136 Å². The van der Waals surface area contributed by atoms with Crippen molar-refractivity contribution in [3.05, 3.63) is 35.4 Å². The second-order valence-corrected chi connectivity index (χ2v) is 7.43. The average Bonchev–Trinajstić information content (AvgIpc) is 3.28. The molecule has 2 unspecified atom stereocenters. The summed E-state index contributed by atoms with van der Waals surface area (Å²) in [5.41, 5.74) is 2.52. The summed E-state index contributed by atoms with van der Waals surface area (Å²) in [5, 5.41) is 9.18. The monoisotopic (exact) mass is 313 g/mol. The Kier molecular flexibility index (Phi) is 3.43. The van der Waals surface area contributed by atoms with Crippen LogP contribution in [-0.4, -0.2) is 35.0 Å². The SMILES string of the molecule is O=C(O)C1CC12CCN(C(=O)C1CCCc3ccccc31)CC2. The third-order valence-electron chi connectivity index (χ3n) is 6.23. The molecular formula is C19H23NO3. The first-order chi connectivity index (χ1) is 11.1. The summed E-state index contributed by atoms with van der Waals surface area (Å²) < 4.78 is 0. The van der Waals surface area contributed by atoms with Gasteiger partial charge >= 0.3 is 5.97 Å². The molecule has 1 heterocycles. The van der Waals surface area contributed by atoms with Crippen LogP contribution < -0.4 is 0 Å². The van der Waals surface area contributed by atoms with E-state index < -0.39 is 5.97 Å². The first-order valence-corrected chi connectivity index (χ1v) is 8.70. The Morgan fingerprint density at radius 3 is 2.61 bits per heavy atom. The van der Waals surface area contributed by atoms with Gasteiger partial charge in [0.05, 0.1) is 11.8 Å². The number of aliphatic carboxylic acids is 1. The molecule has 0 bridgehead atoms. The molecule has 3 aliphatic rings. The highest BCUT2D eigenvalue weighted by Gasteiger charge is 2.59. The Morgan fingerprint density at radius 2 is 1.91 bits per heavy atom. The van der Waals surface area contributed by atoms with E-state index >= 15 is 0 Å². The van der Waals surface area contributed by atoms with E-state index in [4.69, 9.17) is 0 Å². The van der Waals surface area contributed by atoms with Crippen LogP contribution in [0.4, 0.5) is 0 Å². The van der Waals surface area contributed by atoms with Gasteiger partial charge in [0.25, 0.3) is 0 Å². The van der Waals surface area contributed by atoms with Crippen molar-refractivity contribution in [3.63, 3.8) is 0 Å². The van der Waals surface area contributed by atoms with Crippen LogP contribution in [0.15, 0.2) is 24.3 Å². The summed E-state index contributed by atoms with van der Waals surface area (Å²) in [4.78, 5) is 26.1. The number of amides is 1. The molecule has 4 heteroatoms. The maximum atomic E-state index is 13.0. The molecule has 1 aromatic rings. The van der Waals surface area contributed by atoms with Crippen molar-refractivity contribution in [2.24, 2.45) is 11.3 Å². The summed E-state index contributed by atoms with van der Waals surface area (Å²) >= 11 is 0. The Bertz CT molecular complexity index is 646. The minimum atomic E-state index is -0.661. The summed E-state index contributed by atoms with van der Waals surface area (Å²) in [6.07, 6.45) is 5.59. The van der Waals surface area contributed by atoms with Gasteiger partial charge in [-0.25, -0.2) is 0 Å². The number of carboxylic acids is 1. The van der Waals surface area contributed by atoms with Crippen molar-refractivity contribution in [2.45, 2.75) is 44.4 Å². The van der Waals surface area contributed by atoms with Crippen molar-refractivity contribution in [2.75, 3.05) is 13.1 Å². The molecular weight excluding hydrogens is 290 g/mol. The number of piperidine rings is 1. The number of aryl methyl sites for hydroxylation is 1. The van der Waals surface area contributed by atoms with Crippen LogP contribution in [0.5, 0.6) is 0 Å². The van der Waals surface area contributed by atoms with Gasteiger partial charge in [-0.2, -0.15) is 0 Å². The number of carbonyl (C=O) groups is 2. The van der Waals surface area contributed by atoms with E-state index in [1.165, 1.54) is 11.1 Å². The molecule has 4 rings (SSSR count). The highest BCUT2D eigenvalue weighted by Crippen LogP contribution is 2.59. The second kappa shape index (κ2) is 5.36. The molecule has 122 valence electrons. The number of rotatable bonds is 2. The van der Waals surface area contributed by atoms with Crippen molar-refractivity contribution >= 4 is 11.9 Å². The number of hydrogen-bond acceptors (Lipinski definition) is 2. The highest BCUT2D eigenvalue weighted by molar-refractivity contribution is 5.84. The Balaban J connectivity index is 1.45. The summed E-state index contributed by atoms with van der Waals surface area (Å²) in [6, 6.07) is 8.32. The van der Waals surface area contributed by atoms with Gasteiger partial charge in [-0.15, -0.1) is 0 Å². The lowest BCUT2D eigenvalue weighted by Gasteiger charge is -2.36. The van der Waals surface area contributed by atoms with E-state index in [1.54, 1.807) is 0 Å². The standard InChI is InChI=1S/C19H23NO3/c21-17(15-7-3-5-13-4-1-2-6-14(13)15)20-10-8-19(9-11-20)12-16(19)18(22)23/h1-2,4,6,15-16H,3,5,7-12H2,(H,22,23). The quantitative estimate of drug-likeness (QED) is 0.913. The number of carbonyl (C=O) groups excluding carboxylic acids is 1. The van der Waals surface area contributed by atoms with E-state index in [2.05, 4.69) is 18.2 Å². The Hall–Kier alpha value is -1.84. The van der Waals surface area contributed by atoms with Crippen molar-refractivity contribution in [1.29, 1.82) is 0 Å². The first kappa shape index (κ1) is 14.7. The normalized spacial score (nSPS) is 28.3. The van der Waals surface area contributed by atoms with E-state index in [0.29, 0.717) is 0 Å². The zero-order valence-corrected chi connectivity index (χ0v) is 13.3. The molecule has 1 aliphatic heterocycles. The molecule has 2 fully saturated rings. The first-order valence-electron chi connectivity index (χ1n) is 8.70. The van der Waals surface area contributed by atoms with Gasteiger partial charge in [0, 0.05) is 13.1 Å². The zero-order valence-electron chi connectivity index (χ0n) is 13.3. The van der Waals surface area contributed by atoms with Crippen LogP contribution in [0.2, 0.25) is 0 Å². The second-order valence-electron chi connectivity index (χ2n) is 7.43. The molecule has 4 nitrogen and oxygen atoms in total. The minimum absolute atomic E-state index is 0.00322. The van der Waals surface area contributed by atoms with Crippen molar-refractivity contribution in [1.82, 2.24) is 4.90 Å². The van der Waals surface area contributed by atoms with E-state index in [9.17, 15) is 14.7 Å². The molecule has 1 aromatic carbocycles. The van der Waals surface area contributed by atoms with E-state index in [1.807, 2.05) is 11.0 Å². The number of likely N-dealkylation sites (tertiary alicyclic amines) is 1.